The first-order valence-corrected chi connectivity index (χ1v) is 7.32. The molecule has 1 aromatic carbocycles. The predicted molar refractivity (Wildman–Crippen MR) is 85.6 cm³/mol. The van der Waals surface area contributed by atoms with E-state index in [1.807, 2.05) is 0 Å². The van der Waals surface area contributed by atoms with Gasteiger partial charge in [-0.05, 0) is 45.5 Å². The highest BCUT2D eigenvalue weighted by molar-refractivity contribution is 5.75. The van der Waals surface area contributed by atoms with Crippen molar-refractivity contribution in [3.05, 3.63) is 29.8 Å². The Hall–Kier alpha value is -2.28. The third-order valence-electron chi connectivity index (χ3n) is 2.79. The van der Waals surface area contributed by atoms with E-state index in [0.717, 1.165) is 0 Å². The molecule has 0 spiro atoms. The molecule has 0 radical (unpaired) electrons. The fourth-order valence-electron chi connectivity index (χ4n) is 1.83. The first-order chi connectivity index (χ1) is 10.7. The van der Waals surface area contributed by atoms with Crippen LogP contribution in [-0.4, -0.2) is 43.0 Å². The highest BCUT2D eigenvalue weighted by Crippen LogP contribution is 2.17. The lowest BCUT2D eigenvalue weighted by Crippen LogP contribution is -2.34. The van der Waals surface area contributed by atoms with E-state index in [2.05, 4.69) is 10.6 Å². The molecule has 0 aromatic heterocycles. The van der Waals surface area contributed by atoms with E-state index in [9.17, 15) is 9.59 Å². The topological polar surface area (TPSA) is 96.9 Å². The summed E-state index contributed by atoms with van der Waals surface area (Å²) in [5.41, 5.74) is 0.105. The number of hydrogen-bond acceptors (Lipinski definition) is 5. The van der Waals surface area contributed by atoms with Gasteiger partial charge in [0, 0.05) is 0 Å². The number of alkyl carbamates (subject to hydrolysis) is 1. The van der Waals surface area contributed by atoms with Gasteiger partial charge in [0.2, 0.25) is 0 Å². The molecule has 0 saturated heterocycles. The number of nitrogens with one attached hydrogen (secondary N) is 2. The maximum atomic E-state index is 11.4. The van der Waals surface area contributed by atoms with Gasteiger partial charge in [0.25, 0.3) is 0 Å². The van der Waals surface area contributed by atoms with Crippen LogP contribution in [0.15, 0.2) is 24.3 Å². The van der Waals surface area contributed by atoms with Crippen molar-refractivity contribution in [1.82, 2.24) is 10.6 Å². The number of carbonyl (C=O) groups is 2. The lowest BCUT2D eigenvalue weighted by Gasteiger charge is -2.19. The maximum absolute atomic E-state index is 11.4. The Balaban J connectivity index is 2.39. The summed E-state index contributed by atoms with van der Waals surface area (Å²) in [6.07, 6.45) is -0.491. The van der Waals surface area contributed by atoms with Crippen molar-refractivity contribution in [3.63, 3.8) is 0 Å². The Kier molecular flexibility index (Phi) is 6.84. The summed E-state index contributed by atoms with van der Waals surface area (Å²) in [6, 6.07) is 6.00. The molecule has 23 heavy (non-hydrogen) atoms. The normalized spacial score (nSPS) is 12.3. The first-order valence-electron chi connectivity index (χ1n) is 7.32. The molecule has 0 bridgehead atoms. The Bertz CT molecular complexity index is 522. The molecule has 0 fully saturated rings. The van der Waals surface area contributed by atoms with E-state index in [0.29, 0.717) is 17.9 Å². The minimum atomic E-state index is -0.942. The summed E-state index contributed by atoms with van der Waals surface area (Å²) in [6.45, 7) is 5.97. The maximum Gasteiger partial charge on any atom is 0.407 e. The van der Waals surface area contributed by atoms with Gasteiger partial charge in [0.15, 0.2) is 0 Å². The number of ether oxygens (including phenoxy) is 2. The van der Waals surface area contributed by atoms with Crippen LogP contribution in [0.3, 0.4) is 0 Å². The molecule has 0 aliphatic heterocycles. The van der Waals surface area contributed by atoms with Crippen molar-refractivity contribution in [1.29, 1.82) is 0 Å². The van der Waals surface area contributed by atoms with Crippen LogP contribution in [0.25, 0.3) is 0 Å². The van der Waals surface area contributed by atoms with E-state index in [1.54, 1.807) is 52.1 Å². The van der Waals surface area contributed by atoms with E-state index in [-0.39, 0.29) is 6.61 Å². The van der Waals surface area contributed by atoms with Crippen LogP contribution in [0.1, 0.15) is 32.4 Å². The smallest absolute Gasteiger partial charge is 0.407 e. The van der Waals surface area contributed by atoms with Crippen molar-refractivity contribution in [2.45, 2.75) is 32.4 Å². The van der Waals surface area contributed by atoms with E-state index < -0.39 is 23.7 Å². The highest BCUT2D eigenvalue weighted by atomic mass is 16.6. The third kappa shape index (κ3) is 7.01. The molecule has 7 nitrogen and oxygen atoms in total. The number of benzene rings is 1. The SMILES string of the molecule is CN[C@@H](C(=O)O)c1ccc(OCCNC(=O)OC(C)(C)C)cc1. The lowest BCUT2D eigenvalue weighted by atomic mass is 10.1. The Morgan fingerprint density at radius 3 is 2.30 bits per heavy atom. The second-order valence-corrected chi connectivity index (χ2v) is 5.91. The molecule has 0 saturated carbocycles. The molecule has 1 atom stereocenters. The number of carboxylic acids is 1. The van der Waals surface area contributed by atoms with Gasteiger partial charge >= 0.3 is 12.1 Å². The summed E-state index contributed by atoms with van der Waals surface area (Å²) < 4.78 is 10.6. The minimum absolute atomic E-state index is 0.285. The zero-order chi connectivity index (χ0) is 17.5. The first kappa shape index (κ1) is 18.8. The monoisotopic (exact) mass is 324 g/mol. The van der Waals surface area contributed by atoms with Crippen molar-refractivity contribution in [3.8, 4) is 5.75 Å². The molecule has 1 amide bonds. The molecular weight excluding hydrogens is 300 g/mol. The number of amides is 1. The van der Waals surface area contributed by atoms with Crippen LogP contribution in [0.5, 0.6) is 5.75 Å². The average Bonchev–Trinajstić information content (AvgIpc) is 2.43. The average molecular weight is 324 g/mol. The van der Waals surface area contributed by atoms with Crippen LogP contribution in [0, 0.1) is 0 Å². The van der Waals surface area contributed by atoms with Gasteiger partial charge < -0.3 is 25.2 Å². The fraction of sp³-hybridized carbons (Fsp3) is 0.500. The number of likely N-dealkylation sites (N-methyl/N-ethyl adjacent to an activating group) is 1. The molecule has 0 aliphatic rings. The molecule has 3 N–H and O–H groups in total. The van der Waals surface area contributed by atoms with E-state index >= 15 is 0 Å². The predicted octanol–water partition coefficient (Wildman–Crippen LogP) is 1.94. The molecule has 1 rings (SSSR count). The summed E-state index contributed by atoms with van der Waals surface area (Å²) in [4.78, 5) is 22.5. The summed E-state index contributed by atoms with van der Waals surface area (Å²) in [5.74, 6) is -0.345. The van der Waals surface area contributed by atoms with Crippen LogP contribution in [-0.2, 0) is 9.53 Å². The van der Waals surface area contributed by atoms with E-state index in [4.69, 9.17) is 14.6 Å². The lowest BCUT2D eigenvalue weighted by molar-refractivity contribution is -0.139. The van der Waals surface area contributed by atoms with Crippen molar-refractivity contribution < 1.29 is 24.2 Å². The fourth-order valence-corrected chi connectivity index (χ4v) is 1.83. The zero-order valence-corrected chi connectivity index (χ0v) is 13.9. The number of rotatable bonds is 7. The standard InChI is InChI=1S/C16H24N2O5/c1-16(2,3)23-15(21)18-9-10-22-12-7-5-11(6-8-12)13(17-4)14(19)20/h5-8,13,17H,9-10H2,1-4H3,(H,18,21)(H,19,20)/t13-/m1/s1. The summed E-state index contributed by atoms with van der Waals surface area (Å²) in [5, 5.41) is 14.4. The van der Waals surface area contributed by atoms with Crippen molar-refractivity contribution in [2.75, 3.05) is 20.2 Å². The molecule has 128 valence electrons. The van der Waals surface area contributed by atoms with Gasteiger partial charge in [0.05, 0.1) is 6.54 Å². The van der Waals surface area contributed by atoms with Gasteiger partial charge in [-0.15, -0.1) is 0 Å². The second kappa shape index (κ2) is 8.38. The molecule has 0 aliphatic carbocycles. The zero-order valence-electron chi connectivity index (χ0n) is 13.9. The quantitative estimate of drug-likeness (QED) is 0.663. The van der Waals surface area contributed by atoms with Gasteiger partial charge in [-0.2, -0.15) is 0 Å². The van der Waals surface area contributed by atoms with Gasteiger partial charge in [-0.1, -0.05) is 12.1 Å². The number of carboxylic acid groups (broad SMARTS) is 1. The number of aliphatic carboxylic acids is 1. The highest BCUT2D eigenvalue weighted by Gasteiger charge is 2.17. The largest absolute Gasteiger partial charge is 0.492 e. The Morgan fingerprint density at radius 2 is 1.83 bits per heavy atom. The summed E-state index contributed by atoms with van der Waals surface area (Å²) in [7, 11) is 1.59. The van der Waals surface area contributed by atoms with Crippen LogP contribution in [0.2, 0.25) is 0 Å². The Morgan fingerprint density at radius 1 is 1.22 bits per heavy atom. The van der Waals surface area contributed by atoms with Crippen LogP contribution in [0.4, 0.5) is 4.79 Å². The van der Waals surface area contributed by atoms with Gasteiger partial charge in [-0.3, -0.25) is 4.79 Å². The molecule has 0 unspecified atom stereocenters. The third-order valence-corrected chi connectivity index (χ3v) is 2.79. The van der Waals surface area contributed by atoms with Gasteiger partial charge in [-0.25, -0.2) is 4.79 Å². The van der Waals surface area contributed by atoms with Gasteiger partial charge in [0.1, 0.15) is 24.0 Å². The molecule has 1 aromatic rings. The molecule has 0 heterocycles. The van der Waals surface area contributed by atoms with Crippen molar-refractivity contribution >= 4 is 12.1 Å². The van der Waals surface area contributed by atoms with E-state index in [1.165, 1.54) is 0 Å². The summed E-state index contributed by atoms with van der Waals surface area (Å²) >= 11 is 0. The minimum Gasteiger partial charge on any atom is -0.492 e. The van der Waals surface area contributed by atoms with Crippen molar-refractivity contribution in [2.24, 2.45) is 0 Å². The molecular formula is C16H24N2O5. The number of hydrogen-bond donors (Lipinski definition) is 3. The number of carbonyl (C=O) groups excluding carboxylic acids is 1. The second-order valence-electron chi connectivity index (χ2n) is 5.91. The van der Waals surface area contributed by atoms with Crippen LogP contribution >= 0.6 is 0 Å². The van der Waals surface area contributed by atoms with Crippen LogP contribution < -0.4 is 15.4 Å². The molecule has 7 heteroatoms. The Labute approximate surface area is 136 Å².